The number of nitrogens with zero attached hydrogens (tertiary/aromatic N) is 2. The average molecular weight is 289 g/mol. The van der Waals surface area contributed by atoms with Gasteiger partial charge in [0.05, 0.1) is 13.0 Å². The third-order valence-corrected chi connectivity index (χ3v) is 2.61. The largest absolute Gasteiger partial charge is 0.466 e. The highest BCUT2D eigenvalue weighted by atomic mass is 35.5. The third kappa shape index (κ3) is 3.86. The summed E-state index contributed by atoms with van der Waals surface area (Å²) in [4.78, 5) is 14.9. The van der Waals surface area contributed by atoms with E-state index in [1.54, 1.807) is 13.0 Å². The number of halogens is 3. The van der Waals surface area contributed by atoms with Crippen molar-refractivity contribution < 1.29 is 18.3 Å². The molecule has 0 aliphatic heterocycles. The number of rotatable bonds is 5. The molecule has 0 aromatic carbocycles. The Bertz CT molecular complexity index is 515. The molecule has 0 N–H and O–H groups in total. The minimum atomic E-state index is -2.86. The molecular weight excluding hydrogens is 278 g/mol. The summed E-state index contributed by atoms with van der Waals surface area (Å²) >= 11 is 5.63. The van der Waals surface area contributed by atoms with Crippen LogP contribution in [0.2, 0.25) is 0 Å². The van der Waals surface area contributed by atoms with Gasteiger partial charge in [-0.05, 0) is 24.1 Å². The molecule has 0 saturated heterocycles. The van der Waals surface area contributed by atoms with Crippen LogP contribution < -0.4 is 0 Å². The van der Waals surface area contributed by atoms with Crippen LogP contribution in [0.1, 0.15) is 35.9 Å². The van der Waals surface area contributed by atoms with Crippen LogP contribution in [0.15, 0.2) is 6.07 Å². The first-order valence-electron chi connectivity index (χ1n) is 5.46. The topological polar surface area (TPSA) is 63.0 Å². The molecule has 4 nitrogen and oxygen atoms in total. The second-order valence-corrected chi connectivity index (χ2v) is 3.83. The molecule has 1 aromatic rings. The number of hydrogen-bond donors (Lipinski definition) is 0. The van der Waals surface area contributed by atoms with Crippen LogP contribution in [0, 0.1) is 11.3 Å². The smallest absolute Gasteiger partial charge is 0.310 e. The fourth-order valence-electron chi connectivity index (χ4n) is 1.56. The number of nitriles is 1. The molecule has 1 rings (SSSR count). The van der Waals surface area contributed by atoms with Crippen LogP contribution in [0.25, 0.3) is 0 Å². The lowest BCUT2D eigenvalue weighted by Gasteiger charge is -2.11. The Balaban J connectivity index is 3.24. The molecule has 0 fully saturated rings. The van der Waals surface area contributed by atoms with Crippen molar-refractivity contribution in [3.63, 3.8) is 0 Å². The highest BCUT2D eigenvalue weighted by molar-refractivity contribution is 6.17. The van der Waals surface area contributed by atoms with Gasteiger partial charge in [-0.3, -0.25) is 4.79 Å². The molecule has 0 saturated carbocycles. The van der Waals surface area contributed by atoms with Gasteiger partial charge in [-0.15, -0.1) is 11.6 Å². The third-order valence-electron chi connectivity index (χ3n) is 2.34. The van der Waals surface area contributed by atoms with Gasteiger partial charge in [0.25, 0.3) is 6.43 Å². The van der Waals surface area contributed by atoms with Crippen LogP contribution >= 0.6 is 11.6 Å². The van der Waals surface area contributed by atoms with E-state index in [0.29, 0.717) is 0 Å². The highest BCUT2D eigenvalue weighted by Crippen LogP contribution is 2.26. The van der Waals surface area contributed by atoms with E-state index in [2.05, 4.69) is 4.98 Å². The van der Waals surface area contributed by atoms with E-state index in [0.717, 1.165) is 0 Å². The molecule has 1 heterocycles. The fraction of sp³-hybridized carbons (Fsp3) is 0.417. The first-order chi connectivity index (χ1) is 9.03. The van der Waals surface area contributed by atoms with Crippen LogP contribution in [0.3, 0.4) is 0 Å². The van der Waals surface area contributed by atoms with Gasteiger partial charge in [0.1, 0.15) is 17.5 Å². The van der Waals surface area contributed by atoms with Gasteiger partial charge in [-0.1, -0.05) is 0 Å². The van der Waals surface area contributed by atoms with Crippen molar-refractivity contribution in [2.75, 3.05) is 6.61 Å². The van der Waals surface area contributed by atoms with E-state index in [1.165, 1.54) is 6.07 Å². The van der Waals surface area contributed by atoms with Gasteiger partial charge >= 0.3 is 5.97 Å². The first kappa shape index (κ1) is 15.3. The summed E-state index contributed by atoms with van der Waals surface area (Å²) in [5.41, 5.74) is -0.421. The molecule has 102 valence electrons. The molecule has 0 aliphatic rings. The number of hydrogen-bond acceptors (Lipinski definition) is 4. The van der Waals surface area contributed by atoms with E-state index in [4.69, 9.17) is 21.6 Å². The number of aromatic nitrogens is 1. The number of esters is 1. The molecule has 1 aromatic heterocycles. The standard InChI is InChI=1S/C12H11ClF2N2O2/c1-2-19-10(18)4-7-3-8(6-16)17-11(12(14)15)9(7)5-13/h3,12H,2,4-5H2,1H3. The summed E-state index contributed by atoms with van der Waals surface area (Å²) in [6, 6.07) is 2.96. The van der Waals surface area contributed by atoms with E-state index in [-0.39, 0.29) is 35.7 Å². The van der Waals surface area contributed by atoms with Gasteiger partial charge < -0.3 is 4.74 Å². The zero-order chi connectivity index (χ0) is 14.4. The maximum Gasteiger partial charge on any atom is 0.310 e. The summed E-state index contributed by atoms with van der Waals surface area (Å²) in [5, 5.41) is 8.76. The average Bonchev–Trinajstić information content (AvgIpc) is 2.37. The molecule has 0 spiro atoms. The van der Waals surface area contributed by atoms with Crippen molar-refractivity contribution in [3.05, 3.63) is 28.6 Å². The van der Waals surface area contributed by atoms with Crippen molar-refractivity contribution in [3.8, 4) is 6.07 Å². The van der Waals surface area contributed by atoms with Gasteiger partial charge in [-0.25, -0.2) is 13.8 Å². The number of carbonyl (C=O) groups is 1. The van der Waals surface area contributed by atoms with Gasteiger partial charge in [-0.2, -0.15) is 5.26 Å². The lowest BCUT2D eigenvalue weighted by atomic mass is 10.0. The Hall–Kier alpha value is -1.74. The second kappa shape index (κ2) is 7.00. The summed E-state index contributed by atoms with van der Waals surface area (Å²) < 4.78 is 30.4. The zero-order valence-corrected chi connectivity index (χ0v) is 10.9. The lowest BCUT2D eigenvalue weighted by molar-refractivity contribution is -0.142. The predicted octanol–water partition coefficient (Wildman–Crippen LogP) is 2.74. The summed E-state index contributed by atoms with van der Waals surface area (Å²) in [6.07, 6.45) is -3.07. The first-order valence-corrected chi connectivity index (χ1v) is 5.99. The quantitative estimate of drug-likeness (QED) is 0.617. The van der Waals surface area contributed by atoms with Crippen LogP contribution in [-0.2, 0) is 21.8 Å². The molecular formula is C12H11ClF2N2O2. The highest BCUT2D eigenvalue weighted by Gasteiger charge is 2.21. The van der Waals surface area contributed by atoms with Gasteiger partial charge in [0.2, 0.25) is 0 Å². The number of alkyl halides is 3. The molecule has 0 aliphatic carbocycles. The molecule has 19 heavy (non-hydrogen) atoms. The molecule has 0 unspecified atom stereocenters. The minimum absolute atomic E-state index is 0.0729. The van der Waals surface area contributed by atoms with Crippen LogP contribution in [0.4, 0.5) is 8.78 Å². The number of pyridine rings is 1. The molecule has 0 bridgehead atoms. The van der Waals surface area contributed by atoms with E-state index < -0.39 is 18.1 Å². The van der Waals surface area contributed by atoms with Crippen molar-refractivity contribution in [2.24, 2.45) is 0 Å². The Morgan fingerprint density at radius 1 is 1.63 bits per heavy atom. The Labute approximate surface area is 114 Å². The summed E-state index contributed by atoms with van der Waals surface area (Å²) in [7, 11) is 0. The SMILES string of the molecule is CCOC(=O)Cc1cc(C#N)nc(C(F)F)c1CCl. The fourth-order valence-corrected chi connectivity index (χ4v) is 1.87. The maximum absolute atomic E-state index is 12.8. The van der Waals surface area contributed by atoms with Gasteiger partial charge in [0, 0.05) is 5.88 Å². The Kier molecular flexibility index (Phi) is 5.64. The Morgan fingerprint density at radius 2 is 2.32 bits per heavy atom. The maximum atomic E-state index is 12.8. The van der Waals surface area contributed by atoms with E-state index >= 15 is 0 Å². The van der Waals surface area contributed by atoms with Crippen LogP contribution in [-0.4, -0.2) is 17.6 Å². The molecule has 7 heteroatoms. The van der Waals surface area contributed by atoms with Crippen molar-refractivity contribution in [1.82, 2.24) is 4.98 Å². The zero-order valence-electron chi connectivity index (χ0n) is 10.1. The van der Waals surface area contributed by atoms with E-state index in [1.807, 2.05) is 0 Å². The van der Waals surface area contributed by atoms with E-state index in [9.17, 15) is 13.6 Å². The van der Waals surface area contributed by atoms with Gasteiger partial charge in [0.15, 0.2) is 0 Å². The minimum Gasteiger partial charge on any atom is -0.466 e. The van der Waals surface area contributed by atoms with Crippen molar-refractivity contribution >= 4 is 17.6 Å². The lowest BCUT2D eigenvalue weighted by Crippen LogP contribution is -2.12. The second-order valence-electron chi connectivity index (χ2n) is 3.56. The predicted molar refractivity (Wildman–Crippen MR) is 63.8 cm³/mol. The summed E-state index contributed by atoms with van der Waals surface area (Å²) in [6.45, 7) is 1.82. The number of carbonyl (C=O) groups excluding carboxylic acids is 1. The molecule has 0 amide bonds. The van der Waals surface area contributed by atoms with Crippen molar-refractivity contribution in [2.45, 2.75) is 25.7 Å². The molecule has 0 atom stereocenters. The van der Waals surface area contributed by atoms with Crippen LogP contribution in [0.5, 0.6) is 0 Å². The monoisotopic (exact) mass is 288 g/mol. The number of ether oxygens (including phenoxy) is 1. The normalized spacial score (nSPS) is 10.3. The molecule has 0 radical (unpaired) electrons. The van der Waals surface area contributed by atoms with Crippen molar-refractivity contribution in [1.29, 1.82) is 5.26 Å². The Morgan fingerprint density at radius 3 is 2.79 bits per heavy atom. The summed E-state index contributed by atoms with van der Waals surface area (Å²) in [5.74, 6) is -0.781.